The number of carbonyl (C=O) groups excluding carboxylic acids is 3. The highest BCUT2D eigenvalue weighted by Gasteiger charge is 2.53. The van der Waals surface area contributed by atoms with Crippen molar-refractivity contribution in [3.05, 3.63) is 79.9 Å². The van der Waals surface area contributed by atoms with Crippen molar-refractivity contribution in [2.24, 2.45) is 11.8 Å². The molecule has 0 radical (unpaired) electrons. The SMILES string of the molecule is CCc1c(Cl)c(O)c(Cl)c(O)c1C(=O)O[C@H]1[C@H](O)[C@H](OC)[C@H](OCC2=CC=CC[C@H](O)C(C)=C[C@H](CC)[C@@H](O[C@@H]3OC(C)(C)[C@@H](OC(=O)C(C)C)[C@H](O)[C@@H]3O)C(C)=CC(C)=CC[C@@H](C(C)O)OC2=O)O[C@@H]1C. The van der Waals surface area contributed by atoms with E-state index in [1.165, 1.54) is 33.1 Å². The van der Waals surface area contributed by atoms with E-state index in [-0.39, 0.29) is 35.4 Å². The fraction of sp³-hybridized carbons (Fsp3) is 0.635. The van der Waals surface area contributed by atoms with Crippen LogP contribution in [0.15, 0.2) is 58.7 Å². The fourth-order valence-electron chi connectivity index (χ4n) is 8.60. The maximum absolute atomic E-state index is 13.9. The monoisotopic (exact) mass is 1060 g/mol. The van der Waals surface area contributed by atoms with Crippen molar-refractivity contribution in [3.8, 4) is 11.5 Å². The van der Waals surface area contributed by atoms with Gasteiger partial charge in [0.25, 0.3) is 0 Å². The number of carbonyl (C=O) groups is 3. The Bertz CT molecular complexity index is 2220. The van der Waals surface area contributed by atoms with Gasteiger partial charge in [0, 0.05) is 19.4 Å². The van der Waals surface area contributed by atoms with Crippen molar-refractivity contribution in [2.75, 3.05) is 13.7 Å². The number of hydrogen-bond acceptors (Lipinski definition) is 18. The second-order valence-corrected chi connectivity index (χ2v) is 20.1. The van der Waals surface area contributed by atoms with E-state index in [9.17, 15) is 50.1 Å². The second-order valence-electron chi connectivity index (χ2n) is 19.4. The summed E-state index contributed by atoms with van der Waals surface area (Å²) < 4.78 is 47.5. The quantitative estimate of drug-likeness (QED) is 0.0655. The number of phenolic OH excluding ortho intramolecular Hbond substituents is 2. The van der Waals surface area contributed by atoms with Crippen LogP contribution in [0.25, 0.3) is 0 Å². The van der Waals surface area contributed by atoms with E-state index in [1.807, 2.05) is 32.9 Å². The number of esters is 3. The molecule has 2 fully saturated rings. The molecule has 14 atom stereocenters. The van der Waals surface area contributed by atoms with Gasteiger partial charge in [-0.1, -0.05) is 86.9 Å². The van der Waals surface area contributed by atoms with Gasteiger partial charge in [0.15, 0.2) is 36.3 Å². The van der Waals surface area contributed by atoms with Crippen LogP contribution in [0, 0.1) is 11.8 Å². The van der Waals surface area contributed by atoms with Gasteiger partial charge in [0.05, 0.1) is 47.5 Å². The van der Waals surface area contributed by atoms with Gasteiger partial charge in [-0.25, -0.2) is 9.59 Å². The number of ether oxygens (including phenoxy) is 8. The van der Waals surface area contributed by atoms with Crippen LogP contribution in [0.4, 0.5) is 0 Å². The Kier molecular flexibility index (Phi) is 22.4. The van der Waals surface area contributed by atoms with Crippen molar-refractivity contribution in [1.29, 1.82) is 0 Å². The summed E-state index contributed by atoms with van der Waals surface area (Å²) >= 11 is 12.3. The number of aliphatic hydroxyl groups excluding tert-OH is 5. The third-order valence-electron chi connectivity index (χ3n) is 13.0. The lowest BCUT2D eigenvalue weighted by Gasteiger charge is -2.47. The largest absolute Gasteiger partial charge is 0.505 e. The Morgan fingerprint density at radius 2 is 1.57 bits per heavy atom. The van der Waals surface area contributed by atoms with Crippen molar-refractivity contribution in [1.82, 2.24) is 0 Å². The van der Waals surface area contributed by atoms with Crippen LogP contribution in [-0.2, 0) is 53.9 Å². The molecule has 0 spiro atoms. The summed E-state index contributed by atoms with van der Waals surface area (Å²) in [6.07, 6.45) is -5.45. The average Bonchev–Trinajstić information content (AvgIpc) is 3.32. The summed E-state index contributed by atoms with van der Waals surface area (Å²) in [6, 6.07) is 0. The molecule has 3 aliphatic rings. The maximum atomic E-state index is 13.9. The first kappa shape index (κ1) is 60.7. The predicted molar refractivity (Wildman–Crippen MR) is 265 cm³/mol. The summed E-state index contributed by atoms with van der Waals surface area (Å²) in [5.41, 5.74) is 0.318. The highest BCUT2D eigenvalue weighted by Crippen LogP contribution is 2.45. The van der Waals surface area contributed by atoms with Crippen molar-refractivity contribution < 1.29 is 88.0 Å². The molecule has 72 heavy (non-hydrogen) atoms. The molecular weight excluding hydrogens is 983 g/mol. The van der Waals surface area contributed by atoms with E-state index in [2.05, 4.69) is 0 Å². The number of cyclic esters (lactones) is 1. The Morgan fingerprint density at radius 3 is 2.17 bits per heavy atom. The molecule has 1 aromatic rings. The molecule has 3 aliphatic heterocycles. The Morgan fingerprint density at radius 1 is 0.903 bits per heavy atom. The van der Waals surface area contributed by atoms with Crippen LogP contribution in [0.1, 0.15) is 111 Å². The number of allylic oxidation sites excluding steroid dienone is 4. The van der Waals surface area contributed by atoms with E-state index >= 15 is 0 Å². The summed E-state index contributed by atoms with van der Waals surface area (Å²) in [4.78, 5) is 40.0. The number of benzene rings is 1. The van der Waals surface area contributed by atoms with Crippen LogP contribution in [0.3, 0.4) is 0 Å². The number of aliphatic hydroxyl groups is 5. The molecule has 18 nitrogen and oxygen atoms in total. The molecule has 0 aliphatic carbocycles. The number of aromatic hydroxyl groups is 2. The molecule has 0 saturated carbocycles. The fourth-order valence-corrected chi connectivity index (χ4v) is 9.16. The predicted octanol–water partition coefficient (Wildman–Crippen LogP) is 6.23. The lowest BCUT2D eigenvalue weighted by molar-refractivity contribution is -0.333. The van der Waals surface area contributed by atoms with Gasteiger partial charge < -0.3 is 73.6 Å². The summed E-state index contributed by atoms with van der Waals surface area (Å²) in [7, 11) is 1.26. The standard InChI is InChI=1S/C52H74Cl2O18/c1-13-30-22-26(6)33(56)18-16-15-17-31(23-66-51-45(65-12)42(61)44(29(9)67-51)69-49(64)35-32(14-2)36(53)39(58)37(54)38(35)57)48(63)68-34(28(8)55)20-19-25(5)21-27(7)43(30)70-50-41(60)40(59)46(52(10,11)72-50)71-47(62)24(3)4/h15-17,19,21-22,24,28-30,33-34,40-46,50-51,55-61H,13-14,18,20,23H2,1-12H3/t28?,29-,30+,33+,34+,40-,41+,42+,43+,44-,45+,46+,50-,51-/m1/s1. The molecule has 1 unspecified atom stereocenters. The molecule has 404 valence electrons. The topological polar surface area (TPSA) is 267 Å². The van der Waals surface area contributed by atoms with Crippen LogP contribution in [-0.4, -0.2) is 153 Å². The molecule has 0 bridgehead atoms. The average molecular weight is 1060 g/mol. The summed E-state index contributed by atoms with van der Waals surface area (Å²) in [6.45, 7) is 18.1. The van der Waals surface area contributed by atoms with Crippen LogP contribution < -0.4 is 0 Å². The number of rotatable bonds is 13. The van der Waals surface area contributed by atoms with Crippen LogP contribution in [0.5, 0.6) is 11.5 Å². The number of hydrogen-bond donors (Lipinski definition) is 7. The van der Waals surface area contributed by atoms with E-state index < -0.39 is 144 Å². The zero-order valence-electron chi connectivity index (χ0n) is 43.0. The summed E-state index contributed by atoms with van der Waals surface area (Å²) in [5.74, 6) is -4.78. The molecule has 3 heterocycles. The third kappa shape index (κ3) is 14.7. The lowest BCUT2D eigenvalue weighted by atomic mass is 9.88. The summed E-state index contributed by atoms with van der Waals surface area (Å²) in [5, 5.41) is 76.5. The zero-order valence-corrected chi connectivity index (χ0v) is 44.5. The van der Waals surface area contributed by atoms with E-state index in [1.54, 1.807) is 53.7 Å². The smallest absolute Gasteiger partial charge is 0.342 e. The highest BCUT2D eigenvalue weighted by molar-refractivity contribution is 6.39. The second kappa shape index (κ2) is 26.5. The van der Waals surface area contributed by atoms with Gasteiger partial charge in [0.1, 0.15) is 46.7 Å². The van der Waals surface area contributed by atoms with Crippen LogP contribution in [0.2, 0.25) is 10.0 Å². The van der Waals surface area contributed by atoms with E-state index in [0.717, 1.165) is 0 Å². The Labute approximate surface area is 431 Å². The number of phenols is 2. The minimum Gasteiger partial charge on any atom is -0.505 e. The van der Waals surface area contributed by atoms with Gasteiger partial charge in [-0.3, -0.25) is 4.79 Å². The van der Waals surface area contributed by atoms with E-state index in [0.29, 0.717) is 23.1 Å². The Balaban J connectivity index is 1.61. The van der Waals surface area contributed by atoms with Crippen LogP contribution >= 0.6 is 23.2 Å². The minimum atomic E-state index is -1.61. The first-order valence-corrected chi connectivity index (χ1v) is 24.9. The lowest BCUT2D eigenvalue weighted by Crippen LogP contribution is -2.64. The maximum Gasteiger partial charge on any atom is 0.342 e. The molecule has 4 rings (SSSR count). The molecule has 0 amide bonds. The minimum absolute atomic E-state index is 0.0372. The molecular formula is C52H74Cl2O18. The van der Waals surface area contributed by atoms with Gasteiger partial charge in [-0.2, -0.15) is 0 Å². The Hall–Kier alpha value is -3.89. The molecule has 2 saturated heterocycles. The normalized spacial score (nSPS) is 31.5. The molecule has 1 aromatic carbocycles. The van der Waals surface area contributed by atoms with E-state index in [4.69, 9.17) is 61.1 Å². The molecule has 0 aromatic heterocycles. The van der Waals surface area contributed by atoms with Gasteiger partial charge in [-0.15, -0.1) is 0 Å². The first-order valence-electron chi connectivity index (χ1n) is 24.2. The third-order valence-corrected chi connectivity index (χ3v) is 13.8. The van der Waals surface area contributed by atoms with Gasteiger partial charge in [-0.05, 0) is 90.5 Å². The number of methoxy groups -OCH3 is 1. The van der Waals surface area contributed by atoms with Gasteiger partial charge >= 0.3 is 17.9 Å². The van der Waals surface area contributed by atoms with Gasteiger partial charge in [0.2, 0.25) is 0 Å². The molecule has 20 heteroatoms. The van der Waals surface area contributed by atoms with Crippen molar-refractivity contribution in [2.45, 2.75) is 187 Å². The van der Waals surface area contributed by atoms with Crippen molar-refractivity contribution >= 4 is 41.1 Å². The molecule has 7 N–H and O–H groups in total. The highest BCUT2D eigenvalue weighted by atomic mass is 35.5. The first-order chi connectivity index (χ1) is 33.7. The number of halogens is 2. The van der Waals surface area contributed by atoms with Crippen molar-refractivity contribution in [3.63, 3.8) is 0 Å². The zero-order chi connectivity index (χ0) is 54.1.